The predicted octanol–water partition coefficient (Wildman–Crippen LogP) is 6.23. The standard InChI is InChI=1S/C30H27BO3S/c1-21-19-27(15-16-29(21)34-20-30(32)33)35-18-17-28(25-11-13-26(31)14-12-25)24-9-7-23(8-10-24)22-5-3-2-4-6-22/h2-16,19,28H,17-18,20H2,1H3,(H,32,33). The molecule has 4 aromatic rings. The normalized spacial score (nSPS) is 11.7. The average Bonchev–Trinajstić information content (AvgIpc) is 2.87. The molecule has 0 saturated carbocycles. The molecular weight excluding hydrogens is 451 g/mol. The van der Waals surface area contributed by atoms with Gasteiger partial charge in [-0.25, -0.2) is 4.79 Å². The maximum absolute atomic E-state index is 10.8. The zero-order chi connectivity index (χ0) is 24.6. The third kappa shape index (κ3) is 6.80. The highest BCUT2D eigenvalue weighted by atomic mass is 32.2. The van der Waals surface area contributed by atoms with Gasteiger partial charge in [-0.1, -0.05) is 84.3 Å². The Labute approximate surface area is 212 Å². The lowest BCUT2D eigenvalue weighted by atomic mass is 9.86. The molecule has 5 heteroatoms. The Hall–Kier alpha value is -3.44. The highest BCUT2D eigenvalue weighted by Crippen LogP contribution is 2.33. The minimum absolute atomic E-state index is 0.257. The first-order valence-electron chi connectivity index (χ1n) is 11.6. The summed E-state index contributed by atoms with van der Waals surface area (Å²) in [5.74, 6) is 0.820. The second kappa shape index (κ2) is 11.8. The fourth-order valence-corrected chi connectivity index (χ4v) is 5.11. The Bertz CT molecular complexity index is 1260. The quantitative estimate of drug-likeness (QED) is 0.217. The van der Waals surface area contributed by atoms with Crippen LogP contribution in [0.25, 0.3) is 11.1 Å². The zero-order valence-corrected chi connectivity index (χ0v) is 20.5. The molecule has 0 amide bonds. The third-order valence-electron chi connectivity index (χ3n) is 5.93. The fourth-order valence-electron chi connectivity index (χ4n) is 4.10. The monoisotopic (exact) mass is 478 g/mol. The van der Waals surface area contributed by atoms with Crippen molar-refractivity contribution in [1.29, 1.82) is 0 Å². The molecule has 3 nitrogen and oxygen atoms in total. The van der Waals surface area contributed by atoms with Crippen LogP contribution < -0.4 is 10.2 Å². The molecule has 1 atom stereocenters. The number of aryl methyl sites for hydroxylation is 1. The van der Waals surface area contributed by atoms with E-state index >= 15 is 0 Å². The van der Waals surface area contributed by atoms with Crippen LogP contribution in [0.3, 0.4) is 0 Å². The van der Waals surface area contributed by atoms with E-state index in [4.69, 9.17) is 17.7 Å². The highest BCUT2D eigenvalue weighted by Gasteiger charge is 2.15. The number of ether oxygens (including phenoxy) is 1. The molecule has 4 aromatic carbocycles. The Kier molecular flexibility index (Phi) is 8.33. The molecule has 0 aliphatic carbocycles. The molecule has 35 heavy (non-hydrogen) atoms. The van der Waals surface area contributed by atoms with Crippen molar-refractivity contribution >= 4 is 31.0 Å². The van der Waals surface area contributed by atoms with Gasteiger partial charge in [-0.15, -0.1) is 11.8 Å². The predicted molar refractivity (Wildman–Crippen MR) is 145 cm³/mol. The second-order valence-electron chi connectivity index (χ2n) is 8.45. The molecule has 174 valence electrons. The van der Waals surface area contributed by atoms with Gasteiger partial charge in [0.25, 0.3) is 0 Å². The maximum Gasteiger partial charge on any atom is 0.341 e. The number of carbonyl (C=O) groups is 1. The van der Waals surface area contributed by atoms with Crippen molar-refractivity contribution in [2.24, 2.45) is 0 Å². The number of hydrogen-bond donors (Lipinski definition) is 1. The number of carboxylic acids is 1. The van der Waals surface area contributed by atoms with E-state index in [1.165, 1.54) is 22.3 Å². The minimum atomic E-state index is -0.978. The van der Waals surface area contributed by atoms with Crippen molar-refractivity contribution in [3.8, 4) is 16.9 Å². The molecule has 1 N–H and O–H groups in total. The summed E-state index contributed by atoms with van der Waals surface area (Å²) in [6, 6.07) is 33.3. The van der Waals surface area contributed by atoms with Crippen LogP contribution in [0.2, 0.25) is 0 Å². The van der Waals surface area contributed by atoms with Gasteiger partial charge in [-0.3, -0.25) is 0 Å². The molecule has 4 rings (SSSR count). The van der Waals surface area contributed by atoms with Gasteiger partial charge < -0.3 is 9.84 Å². The number of rotatable bonds is 10. The Morgan fingerprint density at radius 2 is 1.51 bits per heavy atom. The average molecular weight is 478 g/mol. The third-order valence-corrected chi connectivity index (χ3v) is 6.96. The fraction of sp³-hybridized carbons (Fsp3) is 0.167. The van der Waals surface area contributed by atoms with Crippen LogP contribution >= 0.6 is 11.8 Å². The molecule has 0 aliphatic heterocycles. The largest absolute Gasteiger partial charge is 0.482 e. The molecule has 0 fully saturated rings. The number of thioether (sulfide) groups is 1. The first kappa shape index (κ1) is 24.7. The van der Waals surface area contributed by atoms with E-state index in [-0.39, 0.29) is 12.5 Å². The summed E-state index contributed by atoms with van der Waals surface area (Å²) in [5.41, 5.74) is 6.65. The molecule has 0 bridgehead atoms. The van der Waals surface area contributed by atoms with Gasteiger partial charge in [0.1, 0.15) is 13.6 Å². The van der Waals surface area contributed by atoms with Crippen molar-refractivity contribution in [2.45, 2.75) is 24.2 Å². The SMILES string of the molecule is [B]c1ccc(C(CCSc2ccc(OCC(=O)O)c(C)c2)c2ccc(-c3ccccc3)cc2)cc1. The van der Waals surface area contributed by atoms with E-state index in [1.807, 2.05) is 37.3 Å². The molecule has 0 saturated heterocycles. The molecule has 0 aromatic heterocycles. The Morgan fingerprint density at radius 1 is 0.886 bits per heavy atom. The lowest BCUT2D eigenvalue weighted by Crippen LogP contribution is -2.10. The Morgan fingerprint density at radius 3 is 2.14 bits per heavy atom. The summed E-state index contributed by atoms with van der Waals surface area (Å²) in [7, 11) is 5.94. The van der Waals surface area contributed by atoms with Gasteiger partial charge in [0.05, 0.1) is 0 Å². The topological polar surface area (TPSA) is 46.5 Å². The van der Waals surface area contributed by atoms with E-state index in [0.717, 1.165) is 28.1 Å². The number of aliphatic carboxylic acids is 1. The van der Waals surface area contributed by atoms with Gasteiger partial charge in [0, 0.05) is 10.8 Å². The van der Waals surface area contributed by atoms with E-state index in [0.29, 0.717) is 5.75 Å². The molecule has 2 radical (unpaired) electrons. The van der Waals surface area contributed by atoms with Gasteiger partial charge in [-0.05, 0) is 65.1 Å². The molecule has 0 heterocycles. The summed E-state index contributed by atoms with van der Waals surface area (Å²) in [6.07, 6.45) is 0.968. The second-order valence-corrected chi connectivity index (χ2v) is 9.62. The minimum Gasteiger partial charge on any atom is -0.482 e. The van der Waals surface area contributed by atoms with Gasteiger partial charge in [0.15, 0.2) is 6.61 Å². The molecule has 0 aliphatic rings. The van der Waals surface area contributed by atoms with Crippen molar-refractivity contribution in [2.75, 3.05) is 12.4 Å². The zero-order valence-electron chi connectivity index (χ0n) is 19.7. The summed E-state index contributed by atoms with van der Waals surface area (Å²) in [4.78, 5) is 11.9. The highest BCUT2D eigenvalue weighted by molar-refractivity contribution is 7.99. The molecule has 1 unspecified atom stereocenters. The van der Waals surface area contributed by atoms with Crippen LogP contribution in [0.15, 0.2) is 102 Å². The number of carboxylic acid groups (broad SMARTS) is 1. The maximum atomic E-state index is 10.8. The smallest absolute Gasteiger partial charge is 0.341 e. The van der Waals surface area contributed by atoms with Crippen LogP contribution in [0.4, 0.5) is 0 Å². The van der Waals surface area contributed by atoms with Crippen molar-refractivity contribution in [3.05, 3.63) is 114 Å². The summed E-state index contributed by atoms with van der Waals surface area (Å²) < 4.78 is 5.34. The van der Waals surface area contributed by atoms with Crippen molar-refractivity contribution < 1.29 is 14.6 Å². The van der Waals surface area contributed by atoms with Gasteiger partial charge >= 0.3 is 5.97 Å². The van der Waals surface area contributed by atoms with E-state index < -0.39 is 5.97 Å². The van der Waals surface area contributed by atoms with Crippen LogP contribution in [-0.4, -0.2) is 31.3 Å². The number of benzene rings is 4. The van der Waals surface area contributed by atoms with Crippen LogP contribution in [0.1, 0.15) is 29.0 Å². The summed E-state index contributed by atoms with van der Waals surface area (Å²) in [5, 5.41) is 8.83. The summed E-state index contributed by atoms with van der Waals surface area (Å²) in [6.45, 7) is 1.60. The first-order valence-corrected chi connectivity index (χ1v) is 12.6. The van der Waals surface area contributed by atoms with Crippen molar-refractivity contribution in [3.63, 3.8) is 0 Å². The lowest BCUT2D eigenvalue weighted by molar-refractivity contribution is -0.139. The number of hydrogen-bond acceptors (Lipinski definition) is 3. The van der Waals surface area contributed by atoms with Crippen LogP contribution in [0, 0.1) is 6.92 Å². The van der Waals surface area contributed by atoms with Gasteiger partial charge in [-0.2, -0.15) is 0 Å². The van der Waals surface area contributed by atoms with Crippen LogP contribution in [-0.2, 0) is 4.79 Å². The molecule has 0 spiro atoms. The van der Waals surface area contributed by atoms with Crippen molar-refractivity contribution in [1.82, 2.24) is 0 Å². The molecular formula is C30H27BO3S. The van der Waals surface area contributed by atoms with E-state index in [2.05, 4.69) is 66.7 Å². The summed E-state index contributed by atoms with van der Waals surface area (Å²) >= 11 is 1.79. The van der Waals surface area contributed by atoms with Gasteiger partial charge in [0.2, 0.25) is 0 Å². The van der Waals surface area contributed by atoms with E-state index in [1.54, 1.807) is 11.8 Å². The van der Waals surface area contributed by atoms with E-state index in [9.17, 15) is 4.79 Å². The first-order chi connectivity index (χ1) is 17.0. The van der Waals surface area contributed by atoms with Crippen LogP contribution in [0.5, 0.6) is 5.75 Å². The lowest BCUT2D eigenvalue weighted by Gasteiger charge is -2.19. The Balaban J connectivity index is 1.47.